The number of nitro benzene ring substituents is 1. The normalized spacial score (nSPS) is 10.5. The van der Waals surface area contributed by atoms with Crippen molar-refractivity contribution in [3.63, 3.8) is 0 Å². The highest BCUT2D eigenvalue weighted by Gasteiger charge is 2.19. The summed E-state index contributed by atoms with van der Waals surface area (Å²) in [4.78, 5) is 21.2. The van der Waals surface area contributed by atoms with Crippen molar-refractivity contribution in [1.82, 2.24) is 0 Å². The second kappa shape index (κ2) is 6.12. The van der Waals surface area contributed by atoms with Gasteiger partial charge in [-0.25, -0.2) is 0 Å². The first kappa shape index (κ1) is 14.9. The van der Waals surface area contributed by atoms with E-state index in [1.165, 1.54) is 0 Å². The van der Waals surface area contributed by atoms with Crippen LogP contribution in [0.25, 0.3) is 0 Å². The summed E-state index contributed by atoms with van der Waals surface area (Å²) in [6.45, 7) is 3.90. The summed E-state index contributed by atoms with van der Waals surface area (Å²) in [5.74, 6) is -1.74. The Hall–Kier alpha value is -2.18. The van der Waals surface area contributed by atoms with E-state index in [4.69, 9.17) is 0 Å². The minimum absolute atomic E-state index is 0.165. The van der Waals surface area contributed by atoms with Crippen LogP contribution in [0.2, 0.25) is 0 Å². The van der Waals surface area contributed by atoms with E-state index < -0.39 is 22.2 Å². The van der Waals surface area contributed by atoms with Crippen LogP contribution in [0.15, 0.2) is 12.1 Å². The van der Waals surface area contributed by atoms with Crippen LogP contribution >= 0.6 is 0 Å². The monoisotopic (exact) mass is 270 g/mol. The number of nitrogens with zero attached hydrogens (tertiary/aromatic N) is 1. The van der Waals surface area contributed by atoms with E-state index in [1.54, 1.807) is 0 Å². The lowest BCUT2D eigenvalue weighted by atomic mass is 10.1. The molecule has 1 aromatic carbocycles. The van der Waals surface area contributed by atoms with Gasteiger partial charge in [0.25, 0.3) is 0 Å². The predicted octanol–water partition coefficient (Wildman–Crippen LogP) is 2.81. The van der Waals surface area contributed by atoms with Gasteiger partial charge in [-0.3, -0.25) is 14.9 Å². The number of halogens is 1. The number of hydrogen-bond acceptors (Lipinski definition) is 4. The second-order valence-electron chi connectivity index (χ2n) is 4.56. The molecule has 0 unspecified atom stereocenters. The van der Waals surface area contributed by atoms with Crippen molar-refractivity contribution in [2.75, 3.05) is 5.32 Å². The lowest BCUT2D eigenvalue weighted by molar-refractivity contribution is -0.387. The molecule has 0 aromatic heterocycles. The molecule has 2 N–H and O–H groups in total. The summed E-state index contributed by atoms with van der Waals surface area (Å²) in [6, 6.07) is 1.41. The number of nitro groups is 1. The molecule has 19 heavy (non-hydrogen) atoms. The predicted molar refractivity (Wildman–Crippen MR) is 67.4 cm³/mol. The Morgan fingerprint density at radius 3 is 2.68 bits per heavy atom. The molecule has 0 heterocycles. The van der Waals surface area contributed by atoms with Gasteiger partial charge in [-0.05, 0) is 12.3 Å². The number of benzene rings is 1. The Kier molecular flexibility index (Phi) is 4.80. The third kappa shape index (κ3) is 4.20. The van der Waals surface area contributed by atoms with Crippen LogP contribution in [0.4, 0.5) is 15.8 Å². The van der Waals surface area contributed by atoms with Crippen molar-refractivity contribution >= 4 is 17.3 Å². The number of carbonyl (C=O) groups excluding carboxylic acids is 1. The molecule has 0 bridgehead atoms. The molecule has 0 aliphatic heterocycles. The fourth-order valence-corrected chi connectivity index (χ4v) is 1.42. The number of hydrogen-bond donors (Lipinski definition) is 2. The SMILES string of the molecule is CC(C)CCC(=O)Nc1cc([N+](=O)[O-])c(F)cc1O. The molecule has 0 radical (unpaired) electrons. The zero-order valence-electron chi connectivity index (χ0n) is 10.6. The summed E-state index contributed by atoms with van der Waals surface area (Å²) in [6.07, 6.45) is 0.873. The zero-order chi connectivity index (χ0) is 14.6. The van der Waals surface area contributed by atoms with Gasteiger partial charge in [0.2, 0.25) is 11.7 Å². The van der Waals surface area contributed by atoms with Gasteiger partial charge < -0.3 is 10.4 Å². The molecule has 104 valence electrons. The minimum atomic E-state index is -1.15. The number of amides is 1. The highest BCUT2D eigenvalue weighted by atomic mass is 19.1. The van der Waals surface area contributed by atoms with Gasteiger partial charge in [-0.2, -0.15) is 4.39 Å². The lowest BCUT2D eigenvalue weighted by Crippen LogP contribution is -2.12. The summed E-state index contributed by atoms with van der Waals surface area (Å²) in [7, 11) is 0. The topological polar surface area (TPSA) is 92.5 Å². The maximum absolute atomic E-state index is 13.2. The van der Waals surface area contributed by atoms with Crippen LogP contribution in [-0.4, -0.2) is 15.9 Å². The molecule has 1 amide bonds. The lowest BCUT2D eigenvalue weighted by Gasteiger charge is -2.08. The molecule has 1 rings (SSSR count). The molecule has 7 heteroatoms. The van der Waals surface area contributed by atoms with Crippen LogP contribution < -0.4 is 5.32 Å². The van der Waals surface area contributed by atoms with Gasteiger partial charge >= 0.3 is 5.69 Å². The molecule has 0 aliphatic carbocycles. The van der Waals surface area contributed by atoms with Crippen molar-refractivity contribution in [2.45, 2.75) is 26.7 Å². The van der Waals surface area contributed by atoms with E-state index >= 15 is 0 Å². The first-order valence-corrected chi connectivity index (χ1v) is 5.78. The molecule has 0 spiro atoms. The second-order valence-corrected chi connectivity index (χ2v) is 4.56. The summed E-state index contributed by atoms with van der Waals surface area (Å²) >= 11 is 0. The number of rotatable bonds is 5. The third-order valence-electron chi connectivity index (χ3n) is 2.48. The van der Waals surface area contributed by atoms with Gasteiger partial charge in [-0.15, -0.1) is 0 Å². The Morgan fingerprint density at radius 1 is 1.53 bits per heavy atom. The molecule has 0 aliphatic rings. The van der Waals surface area contributed by atoms with Crippen molar-refractivity contribution < 1.29 is 19.2 Å². The average molecular weight is 270 g/mol. The van der Waals surface area contributed by atoms with Crippen molar-refractivity contribution in [3.8, 4) is 5.75 Å². The van der Waals surface area contributed by atoms with Crippen LogP contribution in [0.3, 0.4) is 0 Å². The highest BCUT2D eigenvalue weighted by molar-refractivity contribution is 5.92. The smallest absolute Gasteiger partial charge is 0.307 e. The molecule has 0 saturated heterocycles. The number of aromatic hydroxyl groups is 1. The highest BCUT2D eigenvalue weighted by Crippen LogP contribution is 2.31. The molecule has 6 nitrogen and oxygen atoms in total. The van der Waals surface area contributed by atoms with Gasteiger partial charge in [0.15, 0.2) is 0 Å². The van der Waals surface area contributed by atoms with E-state index in [0.29, 0.717) is 18.4 Å². The maximum atomic E-state index is 13.2. The summed E-state index contributed by atoms with van der Waals surface area (Å²) in [5, 5.41) is 22.3. The fourth-order valence-electron chi connectivity index (χ4n) is 1.42. The van der Waals surface area contributed by atoms with Gasteiger partial charge in [0.05, 0.1) is 10.6 Å². The molecule has 0 fully saturated rings. The zero-order valence-corrected chi connectivity index (χ0v) is 10.6. The van der Waals surface area contributed by atoms with E-state index in [-0.39, 0.29) is 18.0 Å². The van der Waals surface area contributed by atoms with Gasteiger partial charge in [0, 0.05) is 18.6 Å². The van der Waals surface area contributed by atoms with E-state index in [2.05, 4.69) is 5.32 Å². The third-order valence-corrected chi connectivity index (χ3v) is 2.48. The first-order valence-electron chi connectivity index (χ1n) is 5.78. The maximum Gasteiger partial charge on any atom is 0.307 e. The van der Waals surface area contributed by atoms with Crippen molar-refractivity contribution in [1.29, 1.82) is 0 Å². The number of carbonyl (C=O) groups is 1. The van der Waals surface area contributed by atoms with Crippen molar-refractivity contribution in [3.05, 3.63) is 28.1 Å². The standard InChI is InChI=1S/C12H15FN2O4/c1-7(2)3-4-12(17)14-9-6-10(15(18)19)8(13)5-11(9)16/h5-7,16H,3-4H2,1-2H3,(H,14,17). The quantitative estimate of drug-likeness (QED) is 0.489. The van der Waals surface area contributed by atoms with Crippen molar-refractivity contribution in [2.24, 2.45) is 5.92 Å². The first-order chi connectivity index (χ1) is 8.81. The number of nitrogens with one attached hydrogen (secondary N) is 1. The van der Waals surface area contributed by atoms with Crippen LogP contribution in [0.5, 0.6) is 5.75 Å². The van der Waals surface area contributed by atoms with Crippen LogP contribution in [0.1, 0.15) is 26.7 Å². The molecule has 1 aromatic rings. The Bertz CT molecular complexity index is 503. The Morgan fingerprint density at radius 2 is 2.16 bits per heavy atom. The van der Waals surface area contributed by atoms with E-state index in [1.807, 2.05) is 13.8 Å². The van der Waals surface area contributed by atoms with Crippen LogP contribution in [-0.2, 0) is 4.79 Å². The van der Waals surface area contributed by atoms with Gasteiger partial charge in [-0.1, -0.05) is 13.8 Å². The van der Waals surface area contributed by atoms with E-state index in [9.17, 15) is 24.4 Å². The van der Waals surface area contributed by atoms with E-state index in [0.717, 1.165) is 6.07 Å². The number of phenolic OH excluding ortho intramolecular Hbond substituents is 1. The molecule has 0 saturated carbocycles. The Balaban J connectivity index is 2.86. The summed E-state index contributed by atoms with van der Waals surface area (Å²) in [5.41, 5.74) is -0.959. The Labute approximate surface area is 109 Å². The molecular formula is C12H15FN2O4. The number of phenols is 1. The fraction of sp³-hybridized carbons (Fsp3) is 0.417. The minimum Gasteiger partial charge on any atom is -0.506 e. The van der Waals surface area contributed by atoms with Crippen LogP contribution in [0, 0.1) is 21.8 Å². The largest absolute Gasteiger partial charge is 0.506 e. The average Bonchev–Trinajstić information content (AvgIpc) is 2.29. The van der Waals surface area contributed by atoms with Gasteiger partial charge in [0.1, 0.15) is 5.75 Å². The number of anilines is 1. The summed E-state index contributed by atoms with van der Waals surface area (Å²) < 4.78 is 13.2. The molecular weight excluding hydrogens is 255 g/mol. The molecule has 0 atom stereocenters.